The van der Waals surface area contributed by atoms with Gasteiger partial charge in [-0.3, -0.25) is 33.6 Å². The van der Waals surface area contributed by atoms with Gasteiger partial charge in [-0.2, -0.15) is 0 Å². The maximum absolute atomic E-state index is 12.5. The van der Waals surface area contributed by atoms with E-state index < -0.39 is 116 Å². The van der Waals surface area contributed by atoms with Crippen molar-refractivity contribution in [1.29, 1.82) is 0 Å². The Bertz CT molecular complexity index is 1390. The lowest BCUT2D eigenvalue weighted by atomic mass is 9.96. The molecule has 1 aromatic rings. The highest BCUT2D eigenvalue weighted by molar-refractivity contribution is 7.99. The van der Waals surface area contributed by atoms with Crippen molar-refractivity contribution in [2.75, 3.05) is 13.2 Å². The highest BCUT2D eigenvalue weighted by Crippen LogP contribution is 2.39. The van der Waals surface area contributed by atoms with E-state index >= 15 is 0 Å². The summed E-state index contributed by atoms with van der Waals surface area (Å²) in [5, 5.41) is 0. The number of thioether (sulfide) groups is 1. The summed E-state index contributed by atoms with van der Waals surface area (Å²) in [4.78, 5) is 86.2. The fourth-order valence-corrected chi connectivity index (χ4v) is 6.33. The second-order valence-corrected chi connectivity index (χ2v) is 12.3. The molecule has 2 aliphatic rings. The van der Waals surface area contributed by atoms with Crippen molar-refractivity contribution in [2.24, 2.45) is 0 Å². The van der Waals surface area contributed by atoms with Gasteiger partial charge in [-0.25, -0.2) is 0 Å². The number of hydrogen-bond acceptors (Lipinski definition) is 18. The normalized spacial score (nSPS) is 29.0. The van der Waals surface area contributed by atoms with Crippen LogP contribution in [0.4, 0.5) is 0 Å². The Balaban J connectivity index is 2.16. The summed E-state index contributed by atoms with van der Waals surface area (Å²) in [7, 11) is 0. The van der Waals surface area contributed by atoms with Crippen molar-refractivity contribution in [3.63, 3.8) is 0 Å². The van der Waals surface area contributed by atoms with Crippen LogP contribution < -0.4 is 0 Å². The highest BCUT2D eigenvalue weighted by atomic mass is 32.2. The lowest BCUT2D eigenvalue weighted by molar-refractivity contribution is -0.341. The Labute approximate surface area is 291 Å². The molecule has 2 heterocycles. The fraction of sp³-hybridized carbons (Fsp3) is 0.594. The van der Waals surface area contributed by atoms with Crippen LogP contribution in [0.1, 0.15) is 48.5 Å². The molecular formula is C32H40O17S. The van der Waals surface area contributed by atoms with Gasteiger partial charge in [-0.05, 0) is 12.1 Å². The van der Waals surface area contributed by atoms with Crippen LogP contribution in [0, 0.1) is 0 Å². The van der Waals surface area contributed by atoms with Gasteiger partial charge in [0.2, 0.25) is 0 Å². The van der Waals surface area contributed by atoms with E-state index in [1.54, 1.807) is 30.3 Å². The molecule has 0 aromatic heterocycles. The van der Waals surface area contributed by atoms with Gasteiger partial charge in [0.05, 0.1) is 0 Å². The molecule has 2 aliphatic heterocycles. The molecule has 17 nitrogen and oxygen atoms in total. The van der Waals surface area contributed by atoms with Gasteiger partial charge in [-0.15, -0.1) is 0 Å². The molecular weight excluding hydrogens is 688 g/mol. The van der Waals surface area contributed by atoms with Gasteiger partial charge < -0.3 is 47.4 Å². The van der Waals surface area contributed by atoms with E-state index in [-0.39, 0.29) is 0 Å². The van der Waals surface area contributed by atoms with E-state index in [0.29, 0.717) is 4.90 Å². The predicted molar refractivity (Wildman–Crippen MR) is 166 cm³/mol. The van der Waals surface area contributed by atoms with Gasteiger partial charge in [0.15, 0.2) is 36.8 Å². The fourth-order valence-electron chi connectivity index (χ4n) is 5.20. The number of rotatable bonds is 13. The number of hydrogen-bond donors (Lipinski definition) is 0. The second kappa shape index (κ2) is 18.7. The monoisotopic (exact) mass is 728 g/mol. The van der Waals surface area contributed by atoms with Crippen molar-refractivity contribution in [2.45, 2.75) is 114 Å². The first-order chi connectivity index (χ1) is 23.5. The summed E-state index contributed by atoms with van der Waals surface area (Å²) in [6.07, 6.45) is -13.4. The van der Waals surface area contributed by atoms with Crippen molar-refractivity contribution in [3.8, 4) is 0 Å². The number of ether oxygens (including phenoxy) is 10. The molecule has 0 aliphatic carbocycles. The summed E-state index contributed by atoms with van der Waals surface area (Å²) < 4.78 is 56.8. The van der Waals surface area contributed by atoms with Gasteiger partial charge in [0, 0.05) is 53.4 Å². The van der Waals surface area contributed by atoms with Crippen molar-refractivity contribution >= 4 is 53.5 Å². The molecule has 1 aromatic carbocycles. The molecule has 0 spiro atoms. The lowest BCUT2D eigenvalue weighted by Crippen LogP contribution is -2.66. The van der Waals surface area contributed by atoms with Crippen molar-refractivity contribution in [1.82, 2.24) is 0 Å². The van der Waals surface area contributed by atoms with E-state index in [1.807, 2.05) is 0 Å². The van der Waals surface area contributed by atoms with E-state index in [9.17, 15) is 33.6 Å². The molecule has 0 radical (unpaired) electrons. The Morgan fingerprint density at radius 2 is 0.940 bits per heavy atom. The first-order valence-electron chi connectivity index (χ1n) is 15.4. The number of carbonyl (C=O) groups excluding carboxylic acids is 7. The third-order valence-electron chi connectivity index (χ3n) is 6.88. The standard InChI is InChI=1S/C32H40O17S/c1-15(33)40-13-23-25(42-17(3)35)27(43-18(4)36)29(45-20(6)38)31(47-23)49-26-24(14-41-16(2)34)48-32(50-22-11-9-8-10-12-22)30(46-21(7)39)28(26)44-19(5)37/h8-12,23-32H,13-14H2,1-7H3/t23-,24-,25+,26+,27+,28+,29-,30-,31+,32+/m1/s1. The highest BCUT2D eigenvalue weighted by Gasteiger charge is 2.57. The number of benzene rings is 1. The molecule has 0 unspecified atom stereocenters. The Hall–Kier alpha value is -4.26. The van der Waals surface area contributed by atoms with Crippen LogP contribution in [-0.2, 0) is 80.9 Å². The van der Waals surface area contributed by atoms with Crippen molar-refractivity contribution in [3.05, 3.63) is 30.3 Å². The zero-order chi connectivity index (χ0) is 37.1. The molecule has 18 heteroatoms. The van der Waals surface area contributed by atoms with E-state index in [4.69, 9.17) is 47.4 Å². The summed E-state index contributed by atoms with van der Waals surface area (Å²) in [5.74, 6) is -5.63. The summed E-state index contributed by atoms with van der Waals surface area (Å²) >= 11 is 1.12. The minimum Gasteiger partial charge on any atom is -0.463 e. The number of esters is 7. The topological polar surface area (TPSA) is 212 Å². The zero-order valence-corrected chi connectivity index (χ0v) is 29.2. The molecule has 2 saturated heterocycles. The molecule has 0 amide bonds. The summed E-state index contributed by atoms with van der Waals surface area (Å²) in [5.41, 5.74) is -1.05. The SMILES string of the molecule is CC(=O)OC[C@H]1O[C@@H](Sc2ccccc2)[C@H](OC(C)=O)[C@@H](OC(C)=O)[C@H]1O[C@@H]1O[C@H](COC(C)=O)[C@H](OC(C)=O)[C@H](OC(C)=O)[C@H]1OC(C)=O. The smallest absolute Gasteiger partial charge is 0.303 e. The minimum absolute atomic E-state index is 0.471. The van der Waals surface area contributed by atoms with Crippen LogP contribution in [0.25, 0.3) is 0 Å². The molecule has 0 saturated carbocycles. The van der Waals surface area contributed by atoms with Gasteiger partial charge in [-0.1, -0.05) is 30.0 Å². The summed E-state index contributed by atoms with van der Waals surface area (Å²) in [6.45, 7) is 6.66. The number of carbonyl (C=O) groups is 7. The van der Waals surface area contributed by atoms with E-state index in [1.165, 1.54) is 0 Å². The Morgan fingerprint density at radius 1 is 0.520 bits per heavy atom. The van der Waals surface area contributed by atoms with Crippen LogP contribution in [-0.4, -0.2) is 116 Å². The quantitative estimate of drug-likeness (QED) is 0.207. The van der Waals surface area contributed by atoms with Crippen LogP contribution >= 0.6 is 11.8 Å². The largest absolute Gasteiger partial charge is 0.463 e. The third-order valence-corrected chi connectivity index (χ3v) is 8.04. The lowest BCUT2D eigenvalue weighted by Gasteiger charge is -2.48. The minimum atomic E-state index is -1.75. The molecule has 2 fully saturated rings. The van der Waals surface area contributed by atoms with Crippen LogP contribution in [0.5, 0.6) is 0 Å². The third kappa shape index (κ3) is 12.0. The van der Waals surface area contributed by atoms with E-state index in [2.05, 4.69) is 0 Å². The van der Waals surface area contributed by atoms with Gasteiger partial charge in [0.25, 0.3) is 0 Å². The molecule has 10 atom stereocenters. The van der Waals surface area contributed by atoms with Crippen LogP contribution in [0.15, 0.2) is 35.2 Å². The zero-order valence-electron chi connectivity index (χ0n) is 28.4. The molecule has 0 bridgehead atoms. The maximum Gasteiger partial charge on any atom is 0.303 e. The van der Waals surface area contributed by atoms with Crippen LogP contribution in [0.3, 0.4) is 0 Å². The Kier molecular flexibility index (Phi) is 15.0. The van der Waals surface area contributed by atoms with Gasteiger partial charge >= 0.3 is 41.8 Å². The first kappa shape index (κ1) is 40.2. The second-order valence-electron chi connectivity index (χ2n) is 11.1. The predicted octanol–water partition coefficient (Wildman–Crippen LogP) is 1.40. The van der Waals surface area contributed by atoms with Crippen LogP contribution in [0.2, 0.25) is 0 Å². The average molecular weight is 729 g/mol. The van der Waals surface area contributed by atoms with E-state index in [0.717, 1.165) is 60.2 Å². The molecule has 276 valence electrons. The molecule has 3 rings (SSSR count). The van der Waals surface area contributed by atoms with Crippen molar-refractivity contribution < 1.29 is 80.9 Å². The Morgan fingerprint density at radius 3 is 1.42 bits per heavy atom. The summed E-state index contributed by atoms with van der Waals surface area (Å²) in [6, 6.07) is 8.85. The first-order valence-corrected chi connectivity index (χ1v) is 16.2. The average Bonchev–Trinajstić information content (AvgIpc) is 3.00. The molecule has 50 heavy (non-hydrogen) atoms. The van der Waals surface area contributed by atoms with Gasteiger partial charge in [0.1, 0.15) is 37.0 Å². The maximum atomic E-state index is 12.5. The molecule has 0 N–H and O–H groups in total.